The number of hydrogen-bond acceptors (Lipinski definition) is 3. The average molecular weight is 281 g/mol. The quantitative estimate of drug-likeness (QED) is 0.915. The Morgan fingerprint density at radius 2 is 2.16 bits per heavy atom. The maximum Gasteiger partial charge on any atom is 0.132 e. The maximum absolute atomic E-state index is 9.29. The summed E-state index contributed by atoms with van der Waals surface area (Å²) in [5.41, 5.74) is 1.45. The molecule has 2 aromatic rings. The first-order valence-corrected chi connectivity index (χ1v) is 6.54. The fourth-order valence-corrected chi connectivity index (χ4v) is 1.95. The number of benzene rings is 1. The molecule has 0 spiro atoms. The molecule has 4 nitrogen and oxygen atoms in total. The van der Waals surface area contributed by atoms with Gasteiger partial charge in [0, 0.05) is 22.8 Å². The first-order chi connectivity index (χ1) is 9.11. The highest BCUT2D eigenvalue weighted by Crippen LogP contribution is 2.26. The fourth-order valence-electron chi connectivity index (χ4n) is 1.72. The molecule has 1 heterocycles. The summed E-state index contributed by atoms with van der Waals surface area (Å²) in [6.45, 7) is 4.35. The van der Waals surface area contributed by atoms with Crippen molar-refractivity contribution < 1.29 is 9.84 Å². The zero-order valence-corrected chi connectivity index (χ0v) is 11.8. The number of aliphatic hydroxyl groups excluding tert-OH is 1. The summed E-state index contributed by atoms with van der Waals surface area (Å²) < 4.78 is 7.55. The Kier molecular flexibility index (Phi) is 4.45. The number of ether oxygens (including phenoxy) is 1. The minimum Gasteiger partial charge on any atom is -0.487 e. The Hall–Kier alpha value is -1.52. The topological polar surface area (TPSA) is 47.3 Å². The van der Waals surface area contributed by atoms with Crippen molar-refractivity contribution in [3.63, 3.8) is 0 Å². The van der Waals surface area contributed by atoms with E-state index in [1.165, 1.54) is 0 Å². The van der Waals surface area contributed by atoms with Crippen LogP contribution in [0, 0.1) is 0 Å². The molecule has 1 aromatic heterocycles. The molecule has 1 N–H and O–H groups in total. The predicted octanol–water partition coefficient (Wildman–Crippen LogP) is 3.19. The van der Waals surface area contributed by atoms with E-state index >= 15 is 0 Å². The number of aliphatic hydroxyl groups is 1. The summed E-state index contributed by atoms with van der Waals surface area (Å²) in [4.78, 5) is 0. The monoisotopic (exact) mass is 280 g/mol. The van der Waals surface area contributed by atoms with E-state index < -0.39 is 0 Å². The van der Waals surface area contributed by atoms with Crippen molar-refractivity contribution in [2.75, 3.05) is 0 Å². The normalized spacial score (nSPS) is 11.0. The van der Waals surface area contributed by atoms with E-state index in [1.54, 1.807) is 18.2 Å². The van der Waals surface area contributed by atoms with Gasteiger partial charge in [-0.1, -0.05) is 17.7 Å². The molecule has 0 amide bonds. The first kappa shape index (κ1) is 13.9. The SMILES string of the molecule is CC(C)n1ccc(COc2cccc(Cl)c2CO)n1. The molecule has 0 aliphatic carbocycles. The smallest absolute Gasteiger partial charge is 0.132 e. The summed E-state index contributed by atoms with van der Waals surface area (Å²) in [5, 5.41) is 14.2. The number of halogens is 1. The van der Waals surface area contributed by atoms with Crippen molar-refractivity contribution in [1.29, 1.82) is 0 Å². The molecule has 19 heavy (non-hydrogen) atoms. The Bertz CT molecular complexity index is 552. The van der Waals surface area contributed by atoms with Gasteiger partial charge in [-0.3, -0.25) is 4.68 Å². The van der Waals surface area contributed by atoms with E-state index in [2.05, 4.69) is 18.9 Å². The summed E-state index contributed by atoms with van der Waals surface area (Å²) in [6, 6.07) is 7.56. The molecule has 0 bridgehead atoms. The van der Waals surface area contributed by atoms with Crippen LogP contribution in [-0.2, 0) is 13.2 Å². The Morgan fingerprint density at radius 3 is 2.79 bits per heavy atom. The van der Waals surface area contributed by atoms with Crippen LogP contribution in [0.3, 0.4) is 0 Å². The van der Waals surface area contributed by atoms with Gasteiger partial charge in [-0.2, -0.15) is 5.10 Å². The zero-order chi connectivity index (χ0) is 13.8. The van der Waals surface area contributed by atoms with Crippen LogP contribution >= 0.6 is 11.6 Å². The van der Waals surface area contributed by atoms with Gasteiger partial charge in [0.05, 0.1) is 12.3 Å². The Balaban J connectivity index is 2.08. The maximum atomic E-state index is 9.29. The van der Waals surface area contributed by atoms with Crippen LogP contribution in [0.2, 0.25) is 5.02 Å². The molecule has 0 atom stereocenters. The van der Waals surface area contributed by atoms with Crippen molar-refractivity contribution in [3.8, 4) is 5.75 Å². The molecule has 0 fully saturated rings. The van der Waals surface area contributed by atoms with Crippen LogP contribution in [0.4, 0.5) is 0 Å². The van der Waals surface area contributed by atoms with Crippen molar-refractivity contribution in [1.82, 2.24) is 9.78 Å². The van der Waals surface area contributed by atoms with E-state index in [1.807, 2.05) is 16.9 Å². The lowest BCUT2D eigenvalue weighted by Crippen LogP contribution is -2.04. The number of hydrogen-bond donors (Lipinski definition) is 1. The molecule has 0 saturated carbocycles. The van der Waals surface area contributed by atoms with Crippen LogP contribution < -0.4 is 4.74 Å². The molecular formula is C14H17ClN2O2. The molecule has 1 aromatic carbocycles. The van der Waals surface area contributed by atoms with Crippen LogP contribution in [0.5, 0.6) is 5.75 Å². The van der Waals surface area contributed by atoms with E-state index in [4.69, 9.17) is 16.3 Å². The Morgan fingerprint density at radius 1 is 1.37 bits per heavy atom. The lowest BCUT2D eigenvalue weighted by atomic mass is 10.2. The van der Waals surface area contributed by atoms with Gasteiger partial charge in [0.25, 0.3) is 0 Å². The molecular weight excluding hydrogens is 264 g/mol. The summed E-state index contributed by atoms with van der Waals surface area (Å²) in [7, 11) is 0. The zero-order valence-electron chi connectivity index (χ0n) is 11.0. The van der Waals surface area contributed by atoms with E-state index in [0.717, 1.165) is 5.69 Å². The van der Waals surface area contributed by atoms with Crippen LogP contribution in [-0.4, -0.2) is 14.9 Å². The standard InChI is InChI=1S/C14H17ClN2O2/c1-10(2)17-7-6-11(16-17)9-19-14-5-3-4-13(15)12(14)8-18/h3-7,10,18H,8-9H2,1-2H3. The van der Waals surface area contributed by atoms with Crippen molar-refractivity contribution in [3.05, 3.63) is 46.7 Å². The van der Waals surface area contributed by atoms with Gasteiger partial charge in [-0.05, 0) is 32.0 Å². The third-order valence-corrected chi connectivity index (χ3v) is 3.16. The van der Waals surface area contributed by atoms with Crippen molar-refractivity contribution in [2.24, 2.45) is 0 Å². The van der Waals surface area contributed by atoms with Crippen LogP contribution in [0.1, 0.15) is 31.1 Å². The van der Waals surface area contributed by atoms with Gasteiger partial charge in [0.1, 0.15) is 12.4 Å². The molecule has 0 radical (unpaired) electrons. The third kappa shape index (κ3) is 3.28. The molecule has 102 valence electrons. The molecule has 0 saturated heterocycles. The van der Waals surface area contributed by atoms with Crippen molar-refractivity contribution >= 4 is 11.6 Å². The van der Waals surface area contributed by atoms with Gasteiger partial charge in [-0.25, -0.2) is 0 Å². The van der Waals surface area contributed by atoms with Gasteiger partial charge in [0.15, 0.2) is 0 Å². The average Bonchev–Trinajstić information content (AvgIpc) is 2.85. The fraction of sp³-hybridized carbons (Fsp3) is 0.357. The predicted molar refractivity (Wildman–Crippen MR) is 74.3 cm³/mol. The van der Waals surface area contributed by atoms with E-state index in [-0.39, 0.29) is 6.61 Å². The van der Waals surface area contributed by atoms with Gasteiger partial charge < -0.3 is 9.84 Å². The molecule has 0 aliphatic heterocycles. The highest BCUT2D eigenvalue weighted by Gasteiger charge is 2.08. The molecule has 2 rings (SSSR count). The minimum absolute atomic E-state index is 0.143. The lowest BCUT2D eigenvalue weighted by Gasteiger charge is -2.10. The second-order valence-electron chi connectivity index (χ2n) is 4.54. The van der Waals surface area contributed by atoms with Crippen LogP contribution in [0.25, 0.3) is 0 Å². The summed E-state index contributed by atoms with van der Waals surface area (Å²) in [6.07, 6.45) is 1.92. The minimum atomic E-state index is -0.143. The van der Waals surface area contributed by atoms with E-state index in [0.29, 0.717) is 29.0 Å². The summed E-state index contributed by atoms with van der Waals surface area (Å²) >= 11 is 6.00. The highest BCUT2D eigenvalue weighted by atomic mass is 35.5. The summed E-state index contributed by atoms with van der Waals surface area (Å²) in [5.74, 6) is 0.592. The largest absolute Gasteiger partial charge is 0.487 e. The second kappa shape index (κ2) is 6.08. The van der Waals surface area contributed by atoms with Crippen molar-refractivity contribution in [2.45, 2.75) is 33.1 Å². The van der Waals surface area contributed by atoms with E-state index in [9.17, 15) is 5.11 Å². The van der Waals surface area contributed by atoms with Crippen LogP contribution in [0.15, 0.2) is 30.5 Å². The second-order valence-corrected chi connectivity index (χ2v) is 4.95. The third-order valence-electron chi connectivity index (χ3n) is 2.80. The lowest BCUT2D eigenvalue weighted by molar-refractivity contribution is 0.257. The molecule has 0 unspecified atom stereocenters. The number of aromatic nitrogens is 2. The Labute approximate surface area is 117 Å². The van der Waals surface area contributed by atoms with Gasteiger partial charge in [0.2, 0.25) is 0 Å². The molecule has 5 heteroatoms. The molecule has 0 aliphatic rings. The van der Waals surface area contributed by atoms with Gasteiger partial charge in [-0.15, -0.1) is 0 Å². The highest BCUT2D eigenvalue weighted by molar-refractivity contribution is 6.31. The number of nitrogens with zero attached hydrogens (tertiary/aromatic N) is 2. The first-order valence-electron chi connectivity index (χ1n) is 6.17. The van der Waals surface area contributed by atoms with Gasteiger partial charge >= 0.3 is 0 Å². The number of rotatable bonds is 5.